The van der Waals surface area contributed by atoms with E-state index >= 15 is 0 Å². The van der Waals surface area contributed by atoms with Crippen molar-refractivity contribution >= 4 is 0 Å². The first kappa shape index (κ1) is 20.2. The van der Waals surface area contributed by atoms with E-state index in [1.807, 2.05) is 19.9 Å². The van der Waals surface area contributed by atoms with E-state index in [4.69, 9.17) is 4.74 Å². The fourth-order valence-corrected chi connectivity index (χ4v) is 3.45. The highest BCUT2D eigenvalue weighted by Crippen LogP contribution is 2.29. The van der Waals surface area contributed by atoms with Crippen molar-refractivity contribution < 1.29 is 9.13 Å². The van der Waals surface area contributed by atoms with Crippen molar-refractivity contribution in [2.24, 2.45) is 0 Å². The molecule has 0 spiro atoms. The first-order chi connectivity index (χ1) is 11.2. The third-order valence-corrected chi connectivity index (χ3v) is 4.49. The highest BCUT2D eigenvalue weighted by Gasteiger charge is 2.10. The Balaban J connectivity index is 0.000000243. The Bertz CT molecular complexity index is 664. The van der Waals surface area contributed by atoms with E-state index in [1.165, 1.54) is 22.3 Å². The number of methoxy groups -OCH3 is 1. The summed E-state index contributed by atoms with van der Waals surface area (Å²) in [6, 6.07) is 7.34. The van der Waals surface area contributed by atoms with Gasteiger partial charge in [0.25, 0.3) is 0 Å². The molecular formula is C22H31FO. The van der Waals surface area contributed by atoms with Crippen LogP contribution in [-0.4, -0.2) is 7.11 Å². The van der Waals surface area contributed by atoms with Gasteiger partial charge in [-0.15, -0.1) is 0 Å². The Kier molecular flexibility index (Phi) is 7.47. The lowest BCUT2D eigenvalue weighted by molar-refractivity contribution is 0.410. The zero-order valence-corrected chi connectivity index (χ0v) is 16.4. The molecule has 0 aromatic heterocycles. The molecule has 132 valence electrons. The van der Waals surface area contributed by atoms with E-state index in [-0.39, 0.29) is 5.82 Å². The average molecular weight is 330 g/mol. The van der Waals surface area contributed by atoms with Crippen LogP contribution in [0.5, 0.6) is 5.75 Å². The SMILES string of the molecule is CCc1c(C)cc(F)cc1C.COc1ccc(C)c(C(C)C)c1C. The van der Waals surface area contributed by atoms with E-state index < -0.39 is 0 Å². The van der Waals surface area contributed by atoms with Crippen LogP contribution >= 0.6 is 0 Å². The second-order valence-electron chi connectivity index (χ2n) is 6.65. The summed E-state index contributed by atoms with van der Waals surface area (Å²) in [5.41, 5.74) is 7.44. The quantitative estimate of drug-likeness (QED) is 0.629. The molecule has 24 heavy (non-hydrogen) atoms. The maximum atomic E-state index is 12.7. The second kappa shape index (κ2) is 8.86. The molecule has 0 unspecified atom stereocenters. The summed E-state index contributed by atoms with van der Waals surface area (Å²) in [6.07, 6.45) is 0.984. The highest BCUT2D eigenvalue weighted by atomic mass is 19.1. The molecule has 0 aliphatic rings. The van der Waals surface area contributed by atoms with Gasteiger partial charge in [-0.05, 0) is 91.6 Å². The van der Waals surface area contributed by atoms with E-state index in [9.17, 15) is 4.39 Å². The smallest absolute Gasteiger partial charge is 0.123 e. The Morgan fingerprint density at radius 3 is 1.92 bits per heavy atom. The summed E-state index contributed by atoms with van der Waals surface area (Å²) in [7, 11) is 1.72. The normalized spacial score (nSPS) is 10.4. The Morgan fingerprint density at radius 2 is 1.50 bits per heavy atom. The molecule has 2 heteroatoms. The van der Waals surface area contributed by atoms with Crippen molar-refractivity contribution in [2.75, 3.05) is 7.11 Å². The van der Waals surface area contributed by atoms with Crippen molar-refractivity contribution in [3.05, 3.63) is 63.5 Å². The molecule has 0 heterocycles. The topological polar surface area (TPSA) is 9.23 Å². The molecule has 0 amide bonds. The maximum absolute atomic E-state index is 12.7. The average Bonchev–Trinajstić information content (AvgIpc) is 2.47. The lowest BCUT2D eigenvalue weighted by Gasteiger charge is -2.16. The number of hydrogen-bond acceptors (Lipinski definition) is 1. The zero-order chi connectivity index (χ0) is 18.4. The fraction of sp³-hybridized carbons (Fsp3) is 0.455. The summed E-state index contributed by atoms with van der Waals surface area (Å²) in [4.78, 5) is 0. The molecule has 2 aromatic rings. The Morgan fingerprint density at radius 1 is 0.958 bits per heavy atom. The van der Waals surface area contributed by atoms with Crippen molar-refractivity contribution in [2.45, 2.75) is 60.8 Å². The van der Waals surface area contributed by atoms with Crippen LogP contribution in [0.15, 0.2) is 24.3 Å². The van der Waals surface area contributed by atoms with E-state index in [1.54, 1.807) is 19.2 Å². The number of halogens is 1. The molecular weight excluding hydrogens is 299 g/mol. The van der Waals surface area contributed by atoms with Gasteiger partial charge in [0.05, 0.1) is 7.11 Å². The maximum Gasteiger partial charge on any atom is 0.123 e. The predicted molar refractivity (Wildman–Crippen MR) is 102 cm³/mol. The van der Waals surface area contributed by atoms with E-state index in [0.29, 0.717) is 5.92 Å². The molecule has 2 rings (SSSR count). The minimum absolute atomic E-state index is 0.128. The van der Waals surface area contributed by atoms with Gasteiger partial charge < -0.3 is 4.74 Å². The van der Waals surface area contributed by atoms with Gasteiger partial charge in [-0.1, -0.05) is 26.8 Å². The van der Waals surface area contributed by atoms with Gasteiger partial charge in [-0.25, -0.2) is 4.39 Å². The molecule has 0 radical (unpaired) electrons. The van der Waals surface area contributed by atoms with Crippen molar-refractivity contribution in [1.82, 2.24) is 0 Å². The second-order valence-corrected chi connectivity index (χ2v) is 6.65. The summed E-state index contributed by atoms with van der Waals surface area (Å²) in [5, 5.41) is 0. The molecule has 0 bridgehead atoms. The lowest BCUT2D eigenvalue weighted by Crippen LogP contribution is -1.98. The molecule has 0 aliphatic carbocycles. The molecule has 0 fully saturated rings. The third kappa shape index (κ3) is 4.83. The van der Waals surface area contributed by atoms with Crippen LogP contribution in [0.3, 0.4) is 0 Å². The standard InChI is InChI=1S/C12H18O.C10H13F/c1-8(2)12-9(3)6-7-11(13-5)10(12)4;1-4-10-7(2)5-9(11)6-8(10)3/h6-8H,1-5H3;5-6H,4H2,1-3H3. The lowest BCUT2D eigenvalue weighted by atomic mass is 9.93. The van der Waals surface area contributed by atoms with Crippen molar-refractivity contribution in [1.29, 1.82) is 0 Å². The minimum atomic E-state index is -0.128. The van der Waals surface area contributed by atoms with E-state index in [2.05, 4.69) is 40.7 Å². The van der Waals surface area contributed by atoms with Crippen LogP contribution in [0.1, 0.15) is 60.1 Å². The number of rotatable bonds is 3. The summed E-state index contributed by atoms with van der Waals surface area (Å²) in [5.74, 6) is 1.43. The molecule has 2 aromatic carbocycles. The first-order valence-corrected chi connectivity index (χ1v) is 8.62. The van der Waals surface area contributed by atoms with Crippen LogP contribution in [0.2, 0.25) is 0 Å². The van der Waals surface area contributed by atoms with Crippen molar-refractivity contribution in [3.63, 3.8) is 0 Å². The number of hydrogen-bond donors (Lipinski definition) is 0. The predicted octanol–water partition coefficient (Wildman–Crippen LogP) is 6.44. The van der Waals surface area contributed by atoms with Crippen LogP contribution in [-0.2, 0) is 6.42 Å². The van der Waals surface area contributed by atoms with Crippen molar-refractivity contribution in [3.8, 4) is 5.75 Å². The Hall–Kier alpha value is -1.83. The third-order valence-electron chi connectivity index (χ3n) is 4.49. The molecule has 1 nitrogen and oxygen atoms in total. The number of ether oxygens (including phenoxy) is 1. The summed E-state index contributed by atoms with van der Waals surface area (Å²) in [6.45, 7) is 14.7. The first-order valence-electron chi connectivity index (χ1n) is 8.62. The van der Waals surface area contributed by atoms with Gasteiger partial charge in [0.1, 0.15) is 11.6 Å². The van der Waals surface area contributed by atoms with E-state index in [0.717, 1.165) is 23.3 Å². The molecule has 0 atom stereocenters. The van der Waals surface area contributed by atoms with Gasteiger partial charge in [0.15, 0.2) is 0 Å². The van der Waals surface area contributed by atoms with Gasteiger partial charge in [-0.3, -0.25) is 0 Å². The van der Waals surface area contributed by atoms with Gasteiger partial charge >= 0.3 is 0 Å². The van der Waals surface area contributed by atoms with Crippen LogP contribution in [0, 0.1) is 33.5 Å². The number of aryl methyl sites for hydroxylation is 3. The largest absolute Gasteiger partial charge is 0.496 e. The van der Waals surface area contributed by atoms with Crippen LogP contribution < -0.4 is 4.74 Å². The summed E-state index contributed by atoms with van der Waals surface area (Å²) < 4.78 is 18.0. The minimum Gasteiger partial charge on any atom is -0.496 e. The molecule has 0 N–H and O–H groups in total. The number of benzene rings is 2. The van der Waals surface area contributed by atoms with Crippen LogP contribution in [0.25, 0.3) is 0 Å². The Labute approximate surface area is 146 Å². The van der Waals surface area contributed by atoms with Gasteiger partial charge in [0, 0.05) is 0 Å². The monoisotopic (exact) mass is 330 g/mol. The fourth-order valence-electron chi connectivity index (χ4n) is 3.45. The van der Waals surface area contributed by atoms with Crippen LogP contribution in [0.4, 0.5) is 4.39 Å². The molecule has 0 saturated heterocycles. The highest BCUT2D eigenvalue weighted by molar-refractivity contribution is 5.45. The molecule has 0 saturated carbocycles. The summed E-state index contributed by atoms with van der Waals surface area (Å²) >= 11 is 0. The zero-order valence-electron chi connectivity index (χ0n) is 16.4. The van der Waals surface area contributed by atoms with Gasteiger partial charge in [-0.2, -0.15) is 0 Å². The van der Waals surface area contributed by atoms with Gasteiger partial charge in [0.2, 0.25) is 0 Å². The molecule has 0 aliphatic heterocycles.